The summed E-state index contributed by atoms with van der Waals surface area (Å²) in [5.74, 6) is 0.145. The number of furan rings is 1. The molecule has 5 nitrogen and oxygen atoms in total. The van der Waals surface area contributed by atoms with Crippen LogP contribution < -0.4 is 0 Å². The van der Waals surface area contributed by atoms with Crippen LogP contribution in [0.5, 0.6) is 5.75 Å². The maximum Gasteiger partial charge on any atom is 0.295 e. The lowest BCUT2D eigenvalue weighted by Gasteiger charge is -2.10. The predicted octanol–water partition coefficient (Wildman–Crippen LogP) is 3.05. The molecule has 6 heteroatoms. The zero-order valence-corrected chi connectivity index (χ0v) is 11.0. The first-order valence-electron chi connectivity index (χ1n) is 5.74. The first-order chi connectivity index (χ1) is 9.48. The number of benzene rings is 2. The Morgan fingerprint density at radius 2 is 1.70 bits per heavy atom. The molecule has 0 spiro atoms. The molecule has 0 aliphatic heterocycles. The zero-order chi connectivity index (χ0) is 14.3. The minimum Gasteiger partial charge on any atom is -0.507 e. The van der Waals surface area contributed by atoms with Gasteiger partial charge in [-0.1, -0.05) is 24.3 Å². The highest BCUT2D eigenvalue weighted by atomic mass is 32.2. The number of hydrogen-bond acceptors (Lipinski definition) is 4. The molecular formula is C14H10O5S. The van der Waals surface area contributed by atoms with Gasteiger partial charge in [-0.05, 0) is 17.5 Å². The number of rotatable bonds is 2. The molecule has 0 amide bonds. The van der Waals surface area contributed by atoms with Gasteiger partial charge < -0.3 is 9.52 Å². The molecule has 0 unspecified atom stereocenters. The molecule has 3 aromatic rings. The highest BCUT2D eigenvalue weighted by Crippen LogP contribution is 2.39. The van der Waals surface area contributed by atoms with Gasteiger partial charge in [0.2, 0.25) is 0 Å². The van der Waals surface area contributed by atoms with Crippen LogP contribution >= 0.6 is 0 Å². The first kappa shape index (κ1) is 12.7. The van der Waals surface area contributed by atoms with Gasteiger partial charge in [-0.15, -0.1) is 0 Å². The topological polar surface area (TPSA) is 87.7 Å². The Kier molecular flexibility index (Phi) is 2.77. The summed E-state index contributed by atoms with van der Waals surface area (Å²) < 4.78 is 37.4. The van der Waals surface area contributed by atoms with Crippen LogP contribution in [0.15, 0.2) is 58.0 Å². The highest BCUT2D eigenvalue weighted by Gasteiger charge is 2.20. The molecule has 0 atom stereocenters. The van der Waals surface area contributed by atoms with Gasteiger partial charge >= 0.3 is 0 Å². The normalized spacial score (nSPS) is 11.8. The third-order valence-corrected chi connectivity index (χ3v) is 3.92. The van der Waals surface area contributed by atoms with Crippen molar-refractivity contribution < 1.29 is 22.5 Å². The van der Waals surface area contributed by atoms with E-state index in [2.05, 4.69) is 0 Å². The van der Waals surface area contributed by atoms with Crippen LogP contribution in [-0.2, 0) is 10.1 Å². The van der Waals surface area contributed by atoms with E-state index in [-0.39, 0.29) is 10.6 Å². The number of aromatic hydroxyl groups is 1. The fourth-order valence-electron chi connectivity index (χ4n) is 2.22. The van der Waals surface area contributed by atoms with Crippen molar-refractivity contribution in [2.75, 3.05) is 0 Å². The summed E-state index contributed by atoms with van der Waals surface area (Å²) in [6, 6.07) is 10.9. The van der Waals surface area contributed by atoms with Crippen LogP contribution in [-0.4, -0.2) is 18.1 Å². The lowest BCUT2D eigenvalue weighted by Crippen LogP contribution is -2.00. The van der Waals surface area contributed by atoms with Gasteiger partial charge in [-0.3, -0.25) is 4.55 Å². The number of fused-ring (bicyclic) bond motifs is 1. The Balaban J connectivity index is 2.49. The van der Waals surface area contributed by atoms with E-state index in [1.807, 2.05) is 0 Å². The molecule has 0 radical (unpaired) electrons. The molecular weight excluding hydrogens is 280 g/mol. The molecule has 2 N–H and O–H groups in total. The smallest absolute Gasteiger partial charge is 0.295 e. The van der Waals surface area contributed by atoms with E-state index >= 15 is 0 Å². The molecule has 0 saturated heterocycles. The van der Waals surface area contributed by atoms with Crippen LogP contribution in [0, 0.1) is 0 Å². The molecule has 3 rings (SSSR count). The van der Waals surface area contributed by atoms with Gasteiger partial charge in [0, 0.05) is 11.5 Å². The summed E-state index contributed by atoms with van der Waals surface area (Å²) in [7, 11) is -4.43. The van der Waals surface area contributed by atoms with Crippen molar-refractivity contribution in [1.82, 2.24) is 0 Å². The van der Waals surface area contributed by atoms with Crippen LogP contribution in [0.3, 0.4) is 0 Å². The molecule has 2 aromatic carbocycles. The number of phenolic OH excluding ortho intramolecular Hbond substituents is 1. The van der Waals surface area contributed by atoms with E-state index in [4.69, 9.17) is 4.42 Å². The highest BCUT2D eigenvalue weighted by molar-refractivity contribution is 7.86. The maximum absolute atomic E-state index is 11.4. The molecule has 1 aromatic heterocycles. The second-order valence-corrected chi connectivity index (χ2v) is 5.66. The molecule has 1 heterocycles. The Bertz CT molecular complexity index is 879. The molecule has 102 valence electrons. The molecule has 0 bridgehead atoms. The molecule has 0 aliphatic carbocycles. The fourth-order valence-corrected chi connectivity index (χ4v) is 2.94. The number of phenols is 1. The van der Waals surface area contributed by atoms with Gasteiger partial charge in [-0.25, -0.2) is 0 Å². The van der Waals surface area contributed by atoms with Crippen LogP contribution in [0.1, 0.15) is 0 Å². The third-order valence-electron chi connectivity index (χ3n) is 3.03. The monoisotopic (exact) mass is 290 g/mol. The van der Waals surface area contributed by atoms with Crippen molar-refractivity contribution >= 4 is 20.9 Å². The summed E-state index contributed by atoms with van der Waals surface area (Å²) in [4.78, 5) is -0.332. The Morgan fingerprint density at radius 3 is 2.30 bits per heavy atom. The Morgan fingerprint density at radius 1 is 1.00 bits per heavy atom. The van der Waals surface area contributed by atoms with Crippen LogP contribution in [0.2, 0.25) is 0 Å². The van der Waals surface area contributed by atoms with Gasteiger partial charge in [0.25, 0.3) is 10.1 Å². The minimum atomic E-state index is -4.43. The van der Waals surface area contributed by atoms with Crippen LogP contribution in [0.4, 0.5) is 0 Å². The predicted molar refractivity (Wildman–Crippen MR) is 73.1 cm³/mol. The van der Waals surface area contributed by atoms with Gasteiger partial charge in [-0.2, -0.15) is 8.42 Å². The maximum atomic E-state index is 11.4. The average molecular weight is 290 g/mol. The summed E-state index contributed by atoms with van der Waals surface area (Å²) in [6.45, 7) is 0. The van der Waals surface area contributed by atoms with Gasteiger partial charge in [0.1, 0.15) is 16.4 Å². The van der Waals surface area contributed by atoms with E-state index in [1.54, 1.807) is 36.4 Å². The van der Waals surface area contributed by atoms with Crippen molar-refractivity contribution in [3.05, 3.63) is 48.7 Å². The van der Waals surface area contributed by atoms with Gasteiger partial charge in [0.15, 0.2) is 0 Å². The van der Waals surface area contributed by atoms with Crippen LogP contribution in [0.25, 0.3) is 22.1 Å². The lowest BCUT2D eigenvalue weighted by atomic mass is 10.0. The summed E-state index contributed by atoms with van der Waals surface area (Å²) in [5.41, 5.74) is 0.387. The van der Waals surface area contributed by atoms with E-state index in [9.17, 15) is 18.1 Å². The van der Waals surface area contributed by atoms with E-state index in [0.29, 0.717) is 22.1 Å². The molecule has 0 aliphatic rings. The van der Waals surface area contributed by atoms with Crippen molar-refractivity contribution in [1.29, 1.82) is 0 Å². The minimum absolute atomic E-state index is 0.272. The van der Waals surface area contributed by atoms with Gasteiger partial charge in [0.05, 0.1) is 11.8 Å². The van der Waals surface area contributed by atoms with E-state index in [1.165, 1.54) is 6.26 Å². The standard InChI is InChI=1S/C14H10O5S/c15-11-8-13(20(16,17)18)9-4-1-2-5-10(9)14(11)12-6-3-7-19-12/h1-8,15H,(H,16,17,18). The first-order valence-corrected chi connectivity index (χ1v) is 7.18. The SMILES string of the molecule is O=S(=O)(O)c1cc(O)c(-c2ccco2)c2ccccc12. The van der Waals surface area contributed by atoms with E-state index in [0.717, 1.165) is 6.07 Å². The summed E-state index contributed by atoms with van der Waals surface area (Å²) in [5, 5.41) is 10.9. The average Bonchev–Trinajstić information content (AvgIpc) is 2.90. The zero-order valence-electron chi connectivity index (χ0n) is 10.1. The molecule has 0 fully saturated rings. The largest absolute Gasteiger partial charge is 0.507 e. The third kappa shape index (κ3) is 1.95. The fraction of sp³-hybridized carbons (Fsp3) is 0. The van der Waals surface area contributed by atoms with Crippen molar-refractivity contribution in [2.24, 2.45) is 0 Å². The molecule has 0 saturated carbocycles. The molecule has 20 heavy (non-hydrogen) atoms. The summed E-state index contributed by atoms with van der Waals surface area (Å²) >= 11 is 0. The quantitative estimate of drug-likeness (QED) is 0.708. The second-order valence-electron chi connectivity index (χ2n) is 4.27. The lowest BCUT2D eigenvalue weighted by molar-refractivity contribution is 0.466. The Hall–Kier alpha value is -2.31. The second kappa shape index (κ2) is 4.36. The Labute approximate surface area is 114 Å². The van der Waals surface area contributed by atoms with E-state index < -0.39 is 10.1 Å². The number of hydrogen-bond donors (Lipinski definition) is 2. The van der Waals surface area contributed by atoms with Crippen molar-refractivity contribution in [3.8, 4) is 17.1 Å². The van der Waals surface area contributed by atoms with Crippen molar-refractivity contribution in [3.63, 3.8) is 0 Å². The summed E-state index contributed by atoms with van der Waals surface area (Å²) in [6.07, 6.45) is 1.46. The van der Waals surface area contributed by atoms with Crippen molar-refractivity contribution in [2.45, 2.75) is 4.90 Å².